The lowest BCUT2D eigenvalue weighted by Crippen LogP contribution is -2.39. The number of hydrogen-bond acceptors (Lipinski definition) is 7. The first-order chi connectivity index (χ1) is 13.8. The van der Waals surface area contributed by atoms with Gasteiger partial charge in [0.25, 0.3) is 5.56 Å². The molecule has 0 aliphatic carbocycles. The van der Waals surface area contributed by atoms with Gasteiger partial charge in [-0.2, -0.15) is 0 Å². The summed E-state index contributed by atoms with van der Waals surface area (Å²) in [6.45, 7) is 5.11. The summed E-state index contributed by atoms with van der Waals surface area (Å²) >= 11 is 0. The van der Waals surface area contributed by atoms with E-state index in [1.165, 1.54) is 26.3 Å². The van der Waals surface area contributed by atoms with E-state index in [0.717, 1.165) is 5.56 Å². The van der Waals surface area contributed by atoms with Crippen LogP contribution in [0, 0.1) is 0 Å². The van der Waals surface area contributed by atoms with E-state index in [1.54, 1.807) is 6.92 Å². The number of benzene rings is 1. The molecule has 0 radical (unpaired) electrons. The maximum absolute atomic E-state index is 12.8. The van der Waals surface area contributed by atoms with Crippen LogP contribution in [0.4, 0.5) is 0 Å². The van der Waals surface area contributed by atoms with Crippen LogP contribution < -0.4 is 16.1 Å². The third-order valence-corrected chi connectivity index (χ3v) is 4.96. The molecule has 0 amide bonds. The topological polar surface area (TPSA) is 101 Å². The van der Waals surface area contributed by atoms with Gasteiger partial charge in [-0.1, -0.05) is 37.3 Å². The van der Waals surface area contributed by atoms with Crippen molar-refractivity contribution < 1.29 is 18.7 Å². The van der Waals surface area contributed by atoms with Gasteiger partial charge in [-0.25, -0.2) is 19.1 Å². The molecule has 3 aromatic rings. The zero-order chi connectivity index (χ0) is 21.1. The predicted octanol–water partition coefficient (Wildman–Crippen LogP) is 2.65. The second-order valence-corrected chi connectivity index (χ2v) is 6.75. The second kappa shape index (κ2) is 8.30. The van der Waals surface area contributed by atoms with Crippen molar-refractivity contribution in [1.29, 1.82) is 0 Å². The van der Waals surface area contributed by atoms with Gasteiger partial charge in [0, 0.05) is 18.2 Å². The molecule has 3 rings (SSSR count). The van der Waals surface area contributed by atoms with Crippen molar-refractivity contribution in [3.8, 4) is 5.75 Å². The summed E-state index contributed by atoms with van der Waals surface area (Å²) in [6.07, 6.45) is 0.897. The molecular formula is C21H22N2O6. The molecule has 1 aromatic carbocycles. The third kappa shape index (κ3) is 3.91. The van der Waals surface area contributed by atoms with Crippen LogP contribution >= 0.6 is 0 Å². The molecule has 2 heterocycles. The van der Waals surface area contributed by atoms with Crippen LogP contribution in [0.25, 0.3) is 11.1 Å². The Bertz CT molecular complexity index is 1140. The van der Waals surface area contributed by atoms with Gasteiger partial charge < -0.3 is 13.9 Å². The number of pyridine rings is 1. The highest BCUT2D eigenvalue weighted by Crippen LogP contribution is 2.23. The van der Waals surface area contributed by atoms with E-state index >= 15 is 0 Å². The number of methoxy groups -OCH3 is 1. The Morgan fingerprint density at radius 1 is 1.10 bits per heavy atom. The van der Waals surface area contributed by atoms with Crippen molar-refractivity contribution in [2.24, 2.45) is 0 Å². The number of carbonyl (C=O) groups is 1. The summed E-state index contributed by atoms with van der Waals surface area (Å²) in [5.41, 5.74) is 0.102. The van der Waals surface area contributed by atoms with Gasteiger partial charge in [0.05, 0.1) is 7.11 Å². The summed E-state index contributed by atoms with van der Waals surface area (Å²) in [4.78, 5) is 41.8. The largest absolute Gasteiger partial charge is 0.493 e. The van der Waals surface area contributed by atoms with Crippen molar-refractivity contribution in [3.05, 3.63) is 69.1 Å². The number of carbonyl (C=O) groups excluding carboxylic acids is 1. The first kappa shape index (κ1) is 20.3. The van der Waals surface area contributed by atoms with Crippen LogP contribution in [-0.2, 0) is 9.53 Å². The standard InChI is InChI=1S/C21H22N2O6/c1-12(15-8-6-5-7-9-15)14(3)28-20(25)13(2)23-19(24)17-18(29-21(23)26)16(27-4)10-11-22-17/h5-14H,1-4H3/t12-,13+,14+/m1/s1. The van der Waals surface area contributed by atoms with Crippen LogP contribution in [0.15, 0.2) is 56.6 Å². The Labute approximate surface area is 166 Å². The lowest BCUT2D eigenvalue weighted by atomic mass is 9.96. The lowest BCUT2D eigenvalue weighted by Gasteiger charge is -2.23. The maximum Gasteiger partial charge on any atom is 0.423 e. The molecule has 0 aliphatic rings. The van der Waals surface area contributed by atoms with Crippen LogP contribution in [0.3, 0.4) is 0 Å². The molecule has 152 valence electrons. The number of ether oxygens (including phenoxy) is 2. The number of nitrogens with zero attached hydrogens (tertiary/aromatic N) is 2. The summed E-state index contributed by atoms with van der Waals surface area (Å²) in [5.74, 6) is -1.56. The predicted molar refractivity (Wildman–Crippen MR) is 106 cm³/mol. The molecule has 8 heteroatoms. The minimum atomic E-state index is -1.18. The Morgan fingerprint density at radius 3 is 2.45 bits per heavy atom. The molecule has 0 unspecified atom stereocenters. The molecule has 0 saturated carbocycles. The first-order valence-corrected chi connectivity index (χ1v) is 9.19. The minimum absolute atomic E-state index is 0.0621. The molecule has 0 N–H and O–H groups in total. The summed E-state index contributed by atoms with van der Waals surface area (Å²) in [7, 11) is 1.38. The van der Waals surface area contributed by atoms with Gasteiger partial charge in [0.1, 0.15) is 12.1 Å². The molecule has 0 bridgehead atoms. The highest BCUT2D eigenvalue weighted by atomic mass is 16.5. The zero-order valence-corrected chi connectivity index (χ0v) is 16.6. The molecule has 3 atom stereocenters. The van der Waals surface area contributed by atoms with Crippen molar-refractivity contribution >= 4 is 17.1 Å². The zero-order valence-electron chi connectivity index (χ0n) is 16.6. The smallest absolute Gasteiger partial charge is 0.423 e. The highest BCUT2D eigenvalue weighted by Gasteiger charge is 2.27. The maximum atomic E-state index is 12.8. The summed E-state index contributed by atoms with van der Waals surface area (Å²) < 4.78 is 16.5. The van der Waals surface area contributed by atoms with Gasteiger partial charge in [-0.15, -0.1) is 0 Å². The van der Waals surface area contributed by atoms with E-state index in [2.05, 4.69) is 4.98 Å². The molecule has 29 heavy (non-hydrogen) atoms. The van der Waals surface area contributed by atoms with E-state index < -0.39 is 29.4 Å². The average Bonchev–Trinajstić information content (AvgIpc) is 2.73. The lowest BCUT2D eigenvalue weighted by molar-refractivity contribution is -0.153. The summed E-state index contributed by atoms with van der Waals surface area (Å²) in [5, 5.41) is 0. The van der Waals surface area contributed by atoms with Crippen LogP contribution in [-0.4, -0.2) is 28.7 Å². The number of esters is 1. The Kier molecular flexibility index (Phi) is 5.81. The van der Waals surface area contributed by atoms with Gasteiger partial charge in [0.2, 0.25) is 5.58 Å². The minimum Gasteiger partial charge on any atom is -0.493 e. The fourth-order valence-electron chi connectivity index (χ4n) is 3.03. The average molecular weight is 398 g/mol. The van der Waals surface area contributed by atoms with Crippen LogP contribution in [0.1, 0.15) is 38.3 Å². The van der Waals surface area contributed by atoms with Gasteiger partial charge >= 0.3 is 11.7 Å². The Hall–Kier alpha value is -3.42. The van der Waals surface area contributed by atoms with Gasteiger partial charge in [0.15, 0.2) is 11.3 Å². The SMILES string of the molecule is COc1ccnc2c(=O)n([C@@H](C)C(=O)O[C@@H](C)[C@@H](C)c3ccccc3)c(=O)oc12. The normalized spacial score (nSPS) is 14.2. The number of rotatable bonds is 6. The first-order valence-electron chi connectivity index (χ1n) is 9.19. The van der Waals surface area contributed by atoms with Crippen molar-refractivity contribution in [2.75, 3.05) is 7.11 Å². The fraction of sp³-hybridized carbons (Fsp3) is 0.333. The van der Waals surface area contributed by atoms with E-state index in [9.17, 15) is 14.4 Å². The third-order valence-electron chi connectivity index (χ3n) is 4.96. The number of aromatic nitrogens is 2. The number of hydrogen-bond donors (Lipinski definition) is 0. The van der Waals surface area contributed by atoms with E-state index in [1.807, 2.05) is 37.3 Å². The van der Waals surface area contributed by atoms with E-state index in [-0.39, 0.29) is 22.8 Å². The van der Waals surface area contributed by atoms with Crippen LogP contribution in [0.2, 0.25) is 0 Å². The van der Waals surface area contributed by atoms with Gasteiger partial charge in [-0.05, 0) is 19.4 Å². The molecule has 0 spiro atoms. The van der Waals surface area contributed by atoms with Crippen molar-refractivity contribution in [1.82, 2.24) is 9.55 Å². The molecular weight excluding hydrogens is 376 g/mol. The molecule has 2 aromatic heterocycles. The molecule has 0 aliphatic heterocycles. The highest BCUT2D eigenvalue weighted by molar-refractivity contribution is 5.78. The fourth-order valence-corrected chi connectivity index (χ4v) is 3.03. The molecule has 0 fully saturated rings. The Morgan fingerprint density at radius 2 is 1.79 bits per heavy atom. The quantitative estimate of drug-likeness (QED) is 0.588. The van der Waals surface area contributed by atoms with Crippen molar-refractivity contribution in [3.63, 3.8) is 0 Å². The summed E-state index contributed by atoms with van der Waals surface area (Å²) in [6, 6.07) is 9.90. The van der Waals surface area contributed by atoms with Crippen LogP contribution in [0.5, 0.6) is 5.75 Å². The molecule has 0 saturated heterocycles. The Balaban J connectivity index is 1.89. The second-order valence-electron chi connectivity index (χ2n) is 6.75. The van der Waals surface area contributed by atoms with Gasteiger partial charge in [-0.3, -0.25) is 4.79 Å². The van der Waals surface area contributed by atoms with E-state index in [0.29, 0.717) is 4.57 Å². The van der Waals surface area contributed by atoms with Crippen molar-refractivity contribution in [2.45, 2.75) is 38.8 Å². The number of fused-ring (bicyclic) bond motifs is 1. The van der Waals surface area contributed by atoms with E-state index in [4.69, 9.17) is 13.9 Å². The monoisotopic (exact) mass is 398 g/mol. The molecule has 8 nitrogen and oxygen atoms in total.